The molecule has 0 radical (unpaired) electrons. The summed E-state index contributed by atoms with van der Waals surface area (Å²) in [6.07, 6.45) is -1.57. The highest BCUT2D eigenvalue weighted by Crippen LogP contribution is 2.35. The minimum atomic E-state index is -3.47. The van der Waals surface area contributed by atoms with Crippen molar-refractivity contribution in [3.05, 3.63) is 69.2 Å². The van der Waals surface area contributed by atoms with E-state index in [1.165, 1.54) is 6.07 Å². The predicted molar refractivity (Wildman–Crippen MR) is 100 cm³/mol. The molecule has 0 spiro atoms. The van der Waals surface area contributed by atoms with Gasteiger partial charge in [-0.1, -0.05) is 23.2 Å². The van der Waals surface area contributed by atoms with E-state index in [0.29, 0.717) is 0 Å². The van der Waals surface area contributed by atoms with Crippen molar-refractivity contribution in [1.82, 2.24) is 4.98 Å². The Kier molecular flexibility index (Phi) is 6.14. The van der Waals surface area contributed by atoms with E-state index >= 15 is 0 Å². The first-order chi connectivity index (χ1) is 14.2. The summed E-state index contributed by atoms with van der Waals surface area (Å²) >= 11 is 11.2. The van der Waals surface area contributed by atoms with Gasteiger partial charge in [-0.2, -0.15) is 0 Å². The van der Waals surface area contributed by atoms with Crippen LogP contribution in [0, 0.1) is 5.82 Å². The summed E-state index contributed by atoms with van der Waals surface area (Å²) in [6.45, 7) is 0. The fourth-order valence-corrected chi connectivity index (χ4v) is 3.17. The fraction of sp³-hybridized carbons (Fsp3) is 0.105. The standard InChI is InChI=1S/C19H9Cl2F4NO4/c1-29-19(28)15-8-2-3-30-17(8)9(6-26-15)16(27)14(23)12(18(24)25)7-4-10(20)13(22)11(21)5-7/h2-6,18H,1H3/b14-12-. The van der Waals surface area contributed by atoms with Crippen LogP contribution in [0.2, 0.25) is 10.0 Å². The molecule has 0 amide bonds. The molecule has 5 nitrogen and oxygen atoms in total. The summed E-state index contributed by atoms with van der Waals surface area (Å²) in [5, 5.41) is -1.24. The van der Waals surface area contributed by atoms with Crippen LogP contribution in [-0.2, 0) is 4.74 Å². The van der Waals surface area contributed by atoms with Crippen LogP contribution in [0.4, 0.5) is 17.6 Å². The summed E-state index contributed by atoms with van der Waals surface area (Å²) in [5.41, 5.74) is -2.91. The summed E-state index contributed by atoms with van der Waals surface area (Å²) in [6, 6.07) is 2.72. The molecule has 0 bridgehead atoms. The average molecular weight is 462 g/mol. The molecule has 0 saturated heterocycles. The number of nitrogens with zero attached hydrogens (tertiary/aromatic N) is 1. The molecular formula is C19H9Cl2F4NO4. The Hall–Kier alpha value is -2.91. The van der Waals surface area contributed by atoms with E-state index < -0.39 is 56.6 Å². The van der Waals surface area contributed by atoms with Crippen molar-refractivity contribution in [1.29, 1.82) is 0 Å². The second-order valence-electron chi connectivity index (χ2n) is 5.79. The van der Waals surface area contributed by atoms with Crippen LogP contribution >= 0.6 is 23.2 Å². The van der Waals surface area contributed by atoms with Gasteiger partial charge in [0.15, 0.2) is 17.3 Å². The molecule has 2 aromatic heterocycles. The van der Waals surface area contributed by atoms with Crippen molar-refractivity contribution >= 4 is 51.5 Å². The lowest BCUT2D eigenvalue weighted by molar-refractivity contribution is 0.0596. The highest BCUT2D eigenvalue weighted by molar-refractivity contribution is 6.35. The SMILES string of the molecule is COC(=O)c1ncc(C(=O)/C(F)=C(\c2cc(Cl)c(F)c(Cl)c2)C(F)F)c2occc12. The topological polar surface area (TPSA) is 69.4 Å². The van der Waals surface area contributed by atoms with Gasteiger partial charge in [-0.25, -0.2) is 27.3 Å². The number of ketones is 1. The number of rotatable bonds is 5. The highest BCUT2D eigenvalue weighted by Gasteiger charge is 2.29. The molecule has 11 heteroatoms. The fourth-order valence-electron chi connectivity index (χ4n) is 2.68. The Morgan fingerprint density at radius 2 is 1.83 bits per heavy atom. The molecule has 0 aliphatic heterocycles. The van der Waals surface area contributed by atoms with Gasteiger partial charge in [0.05, 0.1) is 39.9 Å². The molecule has 0 unspecified atom stereocenters. The van der Waals surface area contributed by atoms with Crippen molar-refractivity contribution in [3.63, 3.8) is 0 Å². The molecule has 1 aromatic carbocycles. The third-order valence-corrected chi connectivity index (χ3v) is 4.61. The predicted octanol–water partition coefficient (Wildman–Crippen LogP) is 5.89. The van der Waals surface area contributed by atoms with Crippen LogP contribution in [0.25, 0.3) is 16.5 Å². The van der Waals surface area contributed by atoms with Crippen LogP contribution < -0.4 is 0 Å². The normalized spacial score (nSPS) is 12.3. The number of alkyl halides is 2. The molecule has 0 atom stereocenters. The molecule has 156 valence electrons. The second kappa shape index (κ2) is 8.45. The largest absolute Gasteiger partial charge is 0.464 e. The van der Waals surface area contributed by atoms with Gasteiger partial charge in [0.25, 0.3) is 6.43 Å². The van der Waals surface area contributed by atoms with Gasteiger partial charge < -0.3 is 9.15 Å². The van der Waals surface area contributed by atoms with E-state index in [1.807, 2.05) is 0 Å². The maximum atomic E-state index is 14.9. The first kappa shape index (κ1) is 21.8. The van der Waals surface area contributed by atoms with Crippen LogP contribution in [0.1, 0.15) is 26.4 Å². The maximum absolute atomic E-state index is 14.9. The van der Waals surface area contributed by atoms with Crippen LogP contribution in [0.5, 0.6) is 0 Å². The van der Waals surface area contributed by atoms with Crippen molar-refractivity contribution < 1.29 is 36.3 Å². The lowest BCUT2D eigenvalue weighted by Gasteiger charge is -2.11. The quantitative estimate of drug-likeness (QED) is 0.156. The lowest BCUT2D eigenvalue weighted by atomic mass is 10.0. The Bertz CT molecular complexity index is 1180. The number of allylic oxidation sites excluding steroid dienone is 2. The number of fused-ring (bicyclic) bond motifs is 1. The Labute approximate surface area is 175 Å². The maximum Gasteiger partial charge on any atom is 0.357 e. The summed E-state index contributed by atoms with van der Waals surface area (Å²) < 4.78 is 65.4. The molecular weight excluding hydrogens is 453 g/mol. The first-order valence-corrected chi connectivity index (χ1v) is 8.74. The molecule has 30 heavy (non-hydrogen) atoms. The van der Waals surface area contributed by atoms with Gasteiger partial charge in [0.2, 0.25) is 5.78 Å². The summed E-state index contributed by atoms with van der Waals surface area (Å²) in [4.78, 5) is 28.2. The van der Waals surface area contributed by atoms with E-state index in [1.54, 1.807) is 0 Å². The van der Waals surface area contributed by atoms with Gasteiger partial charge in [0.1, 0.15) is 5.58 Å². The zero-order valence-corrected chi connectivity index (χ0v) is 16.3. The monoisotopic (exact) mass is 461 g/mol. The average Bonchev–Trinajstić information content (AvgIpc) is 3.19. The number of Topliss-reactive ketones (excluding diaryl/α,β-unsaturated/α-hetero) is 1. The number of furan rings is 1. The first-order valence-electron chi connectivity index (χ1n) is 7.99. The van der Waals surface area contributed by atoms with Gasteiger partial charge in [-0.05, 0) is 23.8 Å². The van der Waals surface area contributed by atoms with E-state index in [4.69, 9.17) is 27.6 Å². The number of methoxy groups -OCH3 is 1. The molecule has 0 saturated carbocycles. The van der Waals surface area contributed by atoms with Gasteiger partial charge in [-0.15, -0.1) is 0 Å². The Morgan fingerprint density at radius 3 is 2.40 bits per heavy atom. The van der Waals surface area contributed by atoms with Gasteiger partial charge >= 0.3 is 5.97 Å². The third kappa shape index (κ3) is 3.78. The Morgan fingerprint density at radius 1 is 1.20 bits per heavy atom. The van der Waals surface area contributed by atoms with Crippen LogP contribution in [0.15, 0.2) is 40.9 Å². The number of halogens is 6. The van der Waals surface area contributed by atoms with E-state index in [2.05, 4.69) is 9.72 Å². The summed E-state index contributed by atoms with van der Waals surface area (Å²) in [5.74, 6) is -5.28. The molecule has 0 aliphatic carbocycles. The van der Waals surface area contributed by atoms with Crippen molar-refractivity contribution in [2.45, 2.75) is 6.43 Å². The third-order valence-electron chi connectivity index (χ3n) is 4.06. The lowest BCUT2D eigenvalue weighted by Crippen LogP contribution is -2.11. The zero-order chi connectivity index (χ0) is 22.2. The number of carbonyl (C=O) groups is 2. The number of esters is 1. The summed E-state index contributed by atoms with van der Waals surface area (Å²) in [7, 11) is 1.10. The number of hydrogen-bond donors (Lipinski definition) is 0. The van der Waals surface area contributed by atoms with Crippen molar-refractivity contribution in [2.75, 3.05) is 7.11 Å². The van der Waals surface area contributed by atoms with Gasteiger partial charge in [-0.3, -0.25) is 4.79 Å². The zero-order valence-electron chi connectivity index (χ0n) is 14.8. The van der Waals surface area contributed by atoms with E-state index in [9.17, 15) is 27.2 Å². The van der Waals surface area contributed by atoms with Gasteiger partial charge in [0, 0.05) is 6.20 Å². The molecule has 0 fully saturated rings. The number of benzene rings is 1. The molecule has 0 aliphatic rings. The molecule has 3 rings (SSSR count). The number of aromatic nitrogens is 1. The van der Waals surface area contributed by atoms with Crippen LogP contribution in [-0.4, -0.2) is 30.3 Å². The number of carbonyl (C=O) groups excluding carboxylic acids is 2. The van der Waals surface area contributed by atoms with E-state index in [-0.39, 0.29) is 16.7 Å². The molecule has 2 heterocycles. The molecule has 0 N–H and O–H groups in total. The minimum absolute atomic E-state index is 0.0203. The minimum Gasteiger partial charge on any atom is -0.464 e. The smallest absolute Gasteiger partial charge is 0.357 e. The second-order valence-corrected chi connectivity index (χ2v) is 6.60. The number of pyridine rings is 1. The van der Waals surface area contributed by atoms with Crippen molar-refractivity contribution in [2.24, 2.45) is 0 Å². The number of ether oxygens (including phenoxy) is 1. The van der Waals surface area contributed by atoms with Crippen molar-refractivity contribution in [3.8, 4) is 0 Å². The van der Waals surface area contributed by atoms with Crippen LogP contribution in [0.3, 0.4) is 0 Å². The molecule has 3 aromatic rings. The highest BCUT2D eigenvalue weighted by atomic mass is 35.5. The van der Waals surface area contributed by atoms with E-state index in [0.717, 1.165) is 31.7 Å². The Balaban J connectivity index is 2.18. The number of hydrogen-bond acceptors (Lipinski definition) is 5.